The van der Waals surface area contributed by atoms with Gasteiger partial charge in [-0.2, -0.15) is 17.9 Å². The van der Waals surface area contributed by atoms with Crippen LogP contribution in [0.5, 0.6) is 0 Å². The van der Waals surface area contributed by atoms with E-state index in [4.69, 9.17) is 11.6 Å². The number of halogens is 4. The molecule has 0 bridgehead atoms. The van der Waals surface area contributed by atoms with Crippen LogP contribution in [0.15, 0.2) is 36.4 Å². The van der Waals surface area contributed by atoms with Crippen molar-refractivity contribution in [3.8, 4) is 5.69 Å². The third-order valence-corrected chi connectivity index (χ3v) is 5.01. The molecule has 0 unspecified atom stereocenters. The van der Waals surface area contributed by atoms with Crippen LogP contribution in [0.25, 0.3) is 5.69 Å². The summed E-state index contributed by atoms with van der Waals surface area (Å²) in [6.45, 7) is 3.92. The van der Waals surface area contributed by atoms with Gasteiger partial charge in [-0.05, 0) is 53.4 Å². The quantitative estimate of drug-likeness (QED) is 0.613. The fourth-order valence-corrected chi connectivity index (χ4v) is 3.56. The number of alkyl halides is 3. The van der Waals surface area contributed by atoms with E-state index in [9.17, 15) is 13.2 Å². The molecule has 0 saturated heterocycles. The molecule has 0 atom stereocenters. The average Bonchev–Trinajstić information content (AvgIpc) is 3.22. The van der Waals surface area contributed by atoms with Gasteiger partial charge in [-0.25, -0.2) is 0 Å². The largest absolute Gasteiger partial charge is 0.416 e. The third-order valence-electron chi connectivity index (χ3n) is 3.79. The highest BCUT2D eigenvalue weighted by Gasteiger charge is 2.30. The first kappa shape index (κ1) is 18.8. The van der Waals surface area contributed by atoms with Gasteiger partial charge >= 0.3 is 6.18 Å². The summed E-state index contributed by atoms with van der Waals surface area (Å²) in [7, 11) is 0. The number of hydrogen-bond donors (Lipinski definition) is 0. The van der Waals surface area contributed by atoms with Gasteiger partial charge in [-0.15, -0.1) is 16.4 Å². The van der Waals surface area contributed by atoms with Crippen LogP contribution in [0.4, 0.5) is 13.2 Å². The third kappa shape index (κ3) is 4.40. The van der Waals surface area contributed by atoms with Gasteiger partial charge in [-0.3, -0.25) is 4.90 Å². The molecule has 2 aromatic heterocycles. The van der Waals surface area contributed by atoms with Gasteiger partial charge in [-0.1, -0.05) is 18.5 Å². The fourth-order valence-electron chi connectivity index (χ4n) is 2.43. The molecule has 0 radical (unpaired) electrons. The molecule has 10 heteroatoms. The zero-order chi connectivity index (χ0) is 18.7. The van der Waals surface area contributed by atoms with E-state index < -0.39 is 11.7 Å². The number of aromatic nitrogens is 4. The van der Waals surface area contributed by atoms with Crippen LogP contribution in [-0.4, -0.2) is 31.7 Å². The van der Waals surface area contributed by atoms with E-state index in [0.717, 1.165) is 27.9 Å². The predicted molar refractivity (Wildman–Crippen MR) is 93.3 cm³/mol. The molecule has 5 nitrogen and oxygen atoms in total. The molecule has 138 valence electrons. The second-order valence-corrected chi connectivity index (χ2v) is 7.36. The van der Waals surface area contributed by atoms with Gasteiger partial charge in [0.15, 0.2) is 5.82 Å². The van der Waals surface area contributed by atoms with Gasteiger partial charge in [0, 0.05) is 11.4 Å². The Morgan fingerprint density at radius 1 is 1.12 bits per heavy atom. The molecule has 0 aliphatic heterocycles. The van der Waals surface area contributed by atoms with E-state index in [-0.39, 0.29) is 0 Å². The zero-order valence-corrected chi connectivity index (χ0v) is 15.3. The molecule has 26 heavy (non-hydrogen) atoms. The lowest BCUT2D eigenvalue weighted by molar-refractivity contribution is -0.137. The maximum absolute atomic E-state index is 12.7. The first-order chi connectivity index (χ1) is 12.4. The van der Waals surface area contributed by atoms with E-state index in [0.29, 0.717) is 24.6 Å². The van der Waals surface area contributed by atoms with Crippen LogP contribution in [-0.2, 0) is 19.3 Å². The molecule has 0 spiro atoms. The highest BCUT2D eigenvalue weighted by Crippen LogP contribution is 2.29. The predicted octanol–water partition coefficient (Wildman–Crippen LogP) is 4.42. The van der Waals surface area contributed by atoms with Gasteiger partial charge in [0.05, 0.1) is 22.1 Å². The standard InChI is InChI=1S/C16H15ClF3N5S/c1-2-24(9-13-7-8-14(17)26-13)10-15-21-22-23-25(15)12-5-3-11(4-6-12)16(18,19)20/h3-8H,2,9-10H2,1H3. The SMILES string of the molecule is CCN(Cc1ccc(Cl)s1)Cc1nnnn1-c1ccc(C(F)(F)F)cc1. The van der Waals surface area contributed by atoms with Crippen molar-refractivity contribution in [2.24, 2.45) is 0 Å². The van der Waals surface area contributed by atoms with Gasteiger partial charge < -0.3 is 0 Å². The van der Waals surface area contributed by atoms with Crippen molar-refractivity contribution in [3.63, 3.8) is 0 Å². The van der Waals surface area contributed by atoms with Crippen molar-refractivity contribution in [2.75, 3.05) is 6.54 Å². The molecule has 0 amide bonds. The van der Waals surface area contributed by atoms with Crippen LogP contribution < -0.4 is 0 Å². The highest BCUT2D eigenvalue weighted by atomic mass is 35.5. The summed E-state index contributed by atoms with van der Waals surface area (Å²) >= 11 is 7.47. The van der Waals surface area contributed by atoms with E-state index in [1.165, 1.54) is 28.2 Å². The van der Waals surface area contributed by atoms with Crippen LogP contribution in [0.1, 0.15) is 23.2 Å². The van der Waals surface area contributed by atoms with Crippen molar-refractivity contribution in [1.82, 2.24) is 25.1 Å². The zero-order valence-electron chi connectivity index (χ0n) is 13.7. The Morgan fingerprint density at radius 3 is 2.42 bits per heavy atom. The average molecular weight is 402 g/mol. The number of nitrogens with zero attached hydrogens (tertiary/aromatic N) is 5. The first-order valence-corrected chi connectivity index (χ1v) is 8.97. The number of tetrazole rings is 1. The Hall–Kier alpha value is -1.97. The minimum atomic E-state index is -4.37. The van der Waals surface area contributed by atoms with Gasteiger partial charge in [0.25, 0.3) is 0 Å². The first-order valence-electron chi connectivity index (χ1n) is 7.78. The Labute approximate surface area is 157 Å². The monoisotopic (exact) mass is 401 g/mol. The van der Waals surface area contributed by atoms with Crippen molar-refractivity contribution < 1.29 is 13.2 Å². The Morgan fingerprint density at radius 2 is 1.85 bits per heavy atom. The van der Waals surface area contributed by atoms with Gasteiger partial charge in [0.2, 0.25) is 0 Å². The summed E-state index contributed by atoms with van der Waals surface area (Å²) in [5.74, 6) is 0.550. The molecule has 3 rings (SSSR count). The minimum Gasteiger partial charge on any atom is -0.291 e. The van der Waals surface area contributed by atoms with Crippen LogP contribution >= 0.6 is 22.9 Å². The van der Waals surface area contributed by atoms with Crippen LogP contribution in [0.3, 0.4) is 0 Å². The summed E-state index contributed by atoms with van der Waals surface area (Å²) in [6.07, 6.45) is -4.37. The summed E-state index contributed by atoms with van der Waals surface area (Å²) in [6, 6.07) is 8.57. The fraction of sp³-hybridized carbons (Fsp3) is 0.312. The van der Waals surface area contributed by atoms with E-state index >= 15 is 0 Å². The van der Waals surface area contributed by atoms with Crippen molar-refractivity contribution in [2.45, 2.75) is 26.2 Å². The van der Waals surface area contributed by atoms with Crippen LogP contribution in [0, 0.1) is 0 Å². The number of hydrogen-bond acceptors (Lipinski definition) is 5. The molecular weight excluding hydrogens is 387 g/mol. The van der Waals surface area contributed by atoms with Crippen molar-refractivity contribution in [1.29, 1.82) is 0 Å². The maximum Gasteiger partial charge on any atom is 0.416 e. The molecule has 2 heterocycles. The molecule has 3 aromatic rings. The van der Waals surface area contributed by atoms with E-state index in [2.05, 4.69) is 20.4 Å². The van der Waals surface area contributed by atoms with E-state index in [1.807, 2.05) is 19.1 Å². The lowest BCUT2D eigenvalue weighted by Crippen LogP contribution is -2.24. The second-order valence-electron chi connectivity index (χ2n) is 5.56. The van der Waals surface area contributed by atoms with E-state index in [1.54, 1.807) is 0 Å². The van der Waals surface area contributed by atoms with Crippen LogP contribution in [0.2, 0.25) is 4.34 Å². The molecule has 0 saturated carbocycles. The maximum atomic E-state index is 12.7. The molecular formula is C16H15ClF3N5S. The lowest BCUT2D eigenvalue weighted by atomic mass is 10.2. The lowest BCUT2D eigenvalue weighted by Gasteiger charge is -2.18. The molecule has 0 N–H and O–H groups in total. The number of rotatable bonds is 6. The molecule has 1 aromatic carbocycles. The Bertz CT molecular complexity index is 859. The molecule has 0 aliphatic rings. The normalized spacial score (nSPS) is 12.1. The number of thiophene rings is 1. The molecule has 0 aliphatic carbocycles. The molecule has 0 fully saturated rings. The summed E-state index contributed by atoms with van der Waals surface area (Å²) in [5, 5.41) is 11.6. The van der Waals surface area contributed by atoms with Crippen molar-refractivity contribution >= 4 is 22.9 Å². The highest BCUT2D eigenvalue weighted by molar-refractivity contribution is 7.16. The summed E-state index contributed by atoms with van der Waals surface area (Å²) < 4.78 is 40.3. The second kappa shape index (κ2) is 7.73. The summed E-state index contributed by atoms with van der Waals surface area (Å²) in [4.78, 5) is 3.24. The Balaban J connectivity index is 1.77. The van der Waals surface area contributed by atoms with Crippen molar-refractivity contribution in [3.05, 3.63) is 57.0 Å². The topological polar surface area (TPSA) is 46.8 Å². The number of benzene rings is 1. The minimum absolute atomic E-state index is 0.458. The Kier molecular flexibility index (Phi) is 5.59. The summed E-state index contributed by atoms with van der Waals surface area (Å²) in [5.41, 5.74) is -0.228. The van der Waals surface area contributed by atoms with Gasteiger partial charge in [0.1, 0.15) is 0 Å². The smallest absolute Gasteiger partial charge is 0.291 e.